The van der Waals surface area contributed by atoms with Crippen LogP contribution >= 0.6 is 0 Å². The molecule has 0 spiro atoms. The highest BCUT2D eigenvalue weighted by molar-refractivity contribution is 5.86. The van der Waals surface area contributed by atoms with Gasteiger partial charge in [0.05, 0.1) is 0 Å². The fraction of sp³-hybridized carbons (Fsp3) is 0.294. The predicted octanol–water partition coefficient (Wildman–Crippen LogP) is 3.17. The molecule has 3 N–H and O–H groups in total. The Bertz CT molecular complexity index is 576. The molecule has 0 aliphatic heterocycles. The molecule has 5 nitrogen and oxygen atoms in total. The Kier molecular flexibility index (Phi) is 6.89. The Hall–Kier alpha value is -2.56. The smallest absolute Gasteiger partial charge is 0.330 e. The Labute approximate surface area is 130 Å². The monoisotopic (exact) mass is 303 g/mol. The SMILES string of the molecule is CC(=CCC(C=C(C)C(=O)O)CNc1ccccc1)C(=O)O. The molecule has 0 heterocycles. The van der Waals surface area contributed by atoms with Gasteiger partial charge in [0.2, 0.25) is 0 Å². The number of para-hydroxylation sites is 1. The molecule has 0 aliphatic carbocycles. The number of carbonyl (C=O) groups is 2. The van der Waals surface area contributed by atoms with Gasteiger partial charge >= 0.3 is 11.9 Å². The Morgan fingerprint density at radius 3 is 2.23 bits per heavy atom. The van der Waals surface area contributed by atoms with E-state index in [0.717, 1.165) is 5.69 Å². The number of allylic oxidation sites excluding steroid dienone is 1. The molecular formula is C17H21NO4. The molecule has 0 saturated carbocycles. The highest BCUT2D eigenvalue weighted by atomic mass is 16.4. The lowest BCUT2D eigenvalue weighted by atomic mass is 10.0. The second kappa shape index (κ2) is 8.67. The van der Waals surface area contributed by atoms with Crippen LogP contribution in [0.3, 0.4) is 0 Å². The van der Waals surface area contributed by atoms with Gasteiger partial charge in [-0.05, 0) is 38.3 Å². The molecular weight excluding hydrogens is 282 g/mol. The number of aliphatic carboxylic acids is 2. The minimum absolute atomic E-state index is 0.106. The molecule has 0 fully saturated rings. The molecule has 118 valence electrons. The first-order valence-corrected chi connectivity index (χ1v) is 7.01. The largest absolute Gasteiger partial charge is 0.478 e. The Morgan fingerprint density at radius 2 is 1.68 bits per heavy atom. The molecule has 5 heteroatoms. The Balaban J connectivity index is 2.78. The topological polar surface area (TPSA) is 86.6 Å². The van der Waals surface area contributed by atoms with Gasteiger partial charge in [-0.3, -0.25) is 0 Å². The average molecular weight is 303 g/mol. The third kappa shape index (κ3) is 6.26. The first-order chi connectivity index (χ1) is 10.4. The predicted molar refractivity (Wildman–Crippen MR) is 85.8 cm³/mol. The van der Waals surface area contributed by atoms with E-state index in [9.17, 15) is 9.59 Å². The maximum atomic E-state index is 11.0. The van der Waals surface area contributed by atoms with Crippen molar-refractivity contribution in [2.75, 3.05) is 11.9 Å². The van der Waals surface area contributed by atoms with Crippen molar-refractivity contribution >= 4 is 17.6 Å². The summed E-state index contributed by atoms with van der Waals surface area (Å²) < 4.78 is 0. The van der Waals surface area contributed by atoms with Crippen molar-refractivity contribution in [2.45, 2.75) is 20.3 Å². The van der Waals surface area contributed by atoms with E-state index in [1.165, 1.54) is 13.8 Å². The van der Waals surface area contributed by atoms with Crippen molar-refractivity contribution in [3.05, 3.63) is 53.6 Å². The van der Waals surface area contributed by atoms with Gasteiger partial charge < -0.3 is 15.5 Å². The summed E-state index contributed by atoms with van der Waals surface area (Å²) in [6, 6.07) is 9.57. The number of hydrogen-bond donors (Lipinski definition) is 3. The van der Waals surface area contributed by atoms with Crippen LogP contribution in [0.25, 0.3) is 0 Å². The van der Waals surface area contributed by atoms with Gasteiger partial charge in [-0.1, -0.05) is 30.4 Å². The van der Waals surface area contributed by atoms with Crippen LogP contribution in [0, 0.1) is 5.92 Å². The average Bonchev–Trinajstić information content (AvgIpc) is 2.50. The van der Waals surface area contributed by atoms with E-state index in [4.69, 9.17) is 10.2 Å². The zero-order valence-electron chi connectivity index (χ0n) is 12.7. The number of carboxylic acids is 2. The summed E-state index contributed by atoms with van der Waals surface area (Å²) in [7, 11) is 0. The maximum absolute atomic E-state index is 11.0. The molecule has 1 aromatic rings. The molecule has 22 heavy (non-hydrogen) atoms. The summed E-state index contributed by atoms with van der Waals surface area (Å²) in [5, 5.41) is 21.1. The number of carboxylic acid groups (broad SMARTS) is 2. The van der Waals surface area contributed by atoms with Crippen molar-refractivity contribution < 1.29 is 19.8 Å². The van der Waals surface area contributed by atoms with Crippen LogP contribution in [0.4, 0.5) is 5.69 Å². The normalized spacial score (nSPS) is 13.5. The van der Waals surface area contributed by atoms with Gasteiger partial charge in [0, 0.05) is 23.4 Å². The van der Waals surface area contributed by atoms with Crippen LogP contribution in [-0.4, -0.2) is 28.7 Å². The lowest BCUT2D eigenvalue weighted by Gasteiger charge is -2.14. The van der Waals surface area contributed by atoms with Crippen LogP contribution in [0.15, 0.2) is 53.6 Å². The fourth-order valence-corrected chi connectivity index (χ4v) is 1.86. The molecule has 0 aliphatic rings. The van der Waals surface area contributed by atoms with E-state index in [-0.39, 0.29) is 17.1 Å². The third-order valence-electron chi connectivity index (χ3n) is 3.23. The fourth-order valence-electron chi connectivity index (χ4n) is 1.86. The number of anilines is 1. The molecule has 1 rings (SSSR count). The first-order valence-electron chi connectivity index (χ1n) is 7.01. The third-order valence-corrected chi connectivity index (χ3v) is 3.23. The number of hydrogen-bond acceptors (Lipinski definition) is 3. The van der Waals surface area contributed by atoms with Crippen molar-refractivity contribution in [1.29, 1.82) is 0 Å². The van der Waals surface area contributed by atoms with E-state index < -0.39 is 11.9 Å². The van der Waals surface area contributed by atoms with Gasteiger partial charge in [0.25, 0.3) is 0 Å². The summed E-state index contributed by atoms with van der Waals surface area (Å²) >= 11 is 0. The first kappa shape index (κ1) is 17.5. The zero-order valence-corrected chi connectivity index (χ0v) is 12.7. The summed E-state index contributed by atoms with van der Waals surface area (Å²) in [4.78, 5) is 21.8. The summed E-state index contributed by atoms with van der Waals surface area (Å²) in [6.07, 6.45) is 3.73. The van der Waals surface area contributed by atoms with Gasteiger partial charge in [0.1, 0.15) is 0 Å². The standard InChI is InChI=1S/C17H21NO4/c1-12(16(19)20)8-9-14(10-13(2)17(21)22)11-18-15-6-4-3-5-7-15/h3-8,10,14,18H,9,11H2,1-2H3,(H,19,20)(H,21,22). The molecule has 0 aromatic heterocycles. The molecule has 1 aromatic carbocycles. The van der Waals surface area contributed by atoms with Gasteiger partial charge in [-0.15, -0.1) is 0 Å². The van der Waals surface area contributed by atoms with E-state index in [0.29, 0.717) is 13.0 Å². The molecule has 0 amide bonds. The summed E-state index contributed by atoms with van der Waals surface area (Å²) in [5.41, 5.74) is 1.44. The lowest BCUT2D eigenvalue weighted by molar-refractivity contribution is -0.133. The highest BCUT2D eigenvalue weighted by Gasteiger charge is 2.09. The molecule has 1 unspecified atom stereocenters. The van der Waals surface area contributed by atoms with E-state index in [1.54, 1.807) is 12.2 Å². The summed E-state index contributed by atoms with van der Waals surface area (Å²) in [6.45, 7) is 3.58. The highest BCUT2D eigenvalue weighted by Crippen LogP contribution is 2.14. The van der Waals surface area contributed by atoms with Crippen molar-refractivity contribution in [3.63, 3.8) is 0 Å². The van der Waals surface area contributed by atoms with Crippen LogP contribution in [0.2, 0.25) is 0 Å². The summed E-state index contributed by atoms with van der Waals surface area (Å²) in [5.74, 6) is -2.04. The Morgan fingerprint density at radius 1 is 1.09 bits per heavy atom. The number of nitrogens with one attached hydrogen (secondary N) is 1. The van der Waals surface area contributed by atoms with Gasteiger partial charge in [0.15, 0.2) is 0 Å². The maximum Gasteiger partial charge on any atom is 0.330 e. The molecule has 0 bridgehead atoms. The van der Waals surface area contributed by atoms with Crippen molar-refractivity contribution in [1.82, 2.24) is 0 Å². The van der Waals surface area contributed by atoms with Crippen LogP contribution in [-0.2, 0) is 9.59 Å². The molecule has 1 atom stereocenters. The van der Waals surface area contributed by atoms with Crippen molar-refractivity contribution in [2.24, 2.45) is 5.92 Å². The van der Waals surface area contributed by atoms with Crippen LogP contribution in [0.1, 0.15) is 20.3 Å². The van der Waals surface area contributed by atoms with E-state index in [2.05, 4.69) is 5.32 Å². The minimum Gasteiger partial charge on any atom is -0.478 e. The second-order valence-electron chi connectivity index (χ2n) is 5.09. The molecule has 0 saturated heterocycles. The second-order valence-corrected chi connectivity index (χ2v) is 5.09. The zero-order chi connectivity index (χ0) is 16.5. The van der Waals surface area contributed by atoms with Crippen LogP contribution in [0.5, 0.6) is 0 Å². The number of rotatable bonds is 8. The van der Waals surface area contributed by atoms with Crippen molar-refractivity contribution in [3.8, 4) is 0 Å². The minimum atomic E-state index is -0.969. The lowest BCUT2D eigenvalue weighted by Crippen LogP contribution is -2.14. The quantitative estimate of drug-likeness (QED) is 0.642. The number of benzene rings is 1. The van der Waals surface area contributed by atoms with Crippen LogP contribution < -0.4 is 5.32 Å². The molecule has 0 radical (unpaired) electrons. The van der Waals surface area contributed by atoms with Gasteiger partial charge in [-0.25, -0.2) is 9.59 Å². The van der Waals surface area contributed by atoms with Gasteiger partial charge in [-0.2, -0.15) is 0 Å². The van der Waals surface area contributed by atoms with E-state index in [1.807, 2.05) is 30.3 Å². The van der Waals surface area contributed by atoms with E-state index >= 15 is 0 Å².